The second-order valence-corrected chi connectivity index (χ2v) is 7.95. The van der Waals surface area contributed by atoms with Crippen LogP contribution in [0.4, 0.5) is 15.8 Å². The molecule has 7 nitrogen and oxygen atoms in total. The van der Waals surface area contributed by atoms with Crippen LogP contribution in [0.25, 0.3) is 0 Å². The number of hydrogen-bond acceptors (Lipinski definition) is 5. The molecule has 0 unspecified atom stereocenters. The number of likely N-dealkylation sites (tertiary alicyclic amines) is 1. The van der Waals surface area contributed by atoms with Crippen molar-refractivity contribution in [1.82, 2.24) is 0 Å². The fourth-order valence-electron chi connectivity index (χ4n) is 4.52. The third kappa shape index (κ3) is 3.47. The molecule has 2 aromatic carbocycles. The van der Waals surface area contributed by atoms with Gasteiger partial charge >= 0.3 is 0 Å². The summed E-state index contributed by atoms with van der Waals surface area (Å²) < 4.78 is 24.0. The summed E-state index contributed by atoms with van der Waals surface area (Å²) in [4.78, 5) is 27.8. The lowest BCUT2D eigenvalue weighted by atomic mass is 10.0. The highest BCUT2D eigenvalue weighted by molar-refractivity contribution is 6.21. The van der Waals surface area contributed by atoms with E-state index in [9.17, 15) is 14.0 Å². The van der Waals surface area contributed by atoms with Crippen molar-refractivity contribution in [1.29, 1.82) is 0 Å². The minimum Gasteiger partial charge on any atom is -0.454 e. The number of amides is 2. The van der Waals surface area contributed by atoms with E-state index in [4.69, 9.17) is 9.47 Å². The quantitative estimate of drug-likeness (QED) is 0.742. The zero-order valence-electron chi connectivity index (χ0n) is 16.4. The molecular formula is C22H23FN3O4+. The summed E-state index contributed by atoms with van der Waals surface area (Å²) >= 11 is 0. The minimum atomic E-state index is -0.392. The maximum Gasteiger partial charge on any atom is 0.292 e. The van der Waals surface area contributed by atoms with Crippen LogP contribution in [0.5, 0.6) is 11.5 Å². The second kappa shape index (κ2) is 7.60. The largest absolute Gasteiger partial charge is 0.454 e. The smallest absolute Gasteiger partial charge is 0.292 e. The van der Waals surface area contributed by atoms with Crippen molar-refractivity contribution < 1.29 is 28.4 Å². The molecule has 2 saturated heterocycles. The molecule has 30 heavy (non-hydrogen) atoms. The highest BCUT2D eigenvalue weighted by Crippen LogP contribution is 2.34. The molecule has 0 aliphatic carbocycles. The lowest BCUT2D eigenvalue weighted by Crippen LogP contribution is -3.17. The predicted molar refractivity (Wildman–Crippen MR) is 107 cm³/mol. The lowest BCUT2D eigenvalue weighted by Gasteiger charge is -2.32. The molecule has 0 radical (unpaired) electrons. The van der Waals surface area contributed by atoms with Crippen molar-refractivity contribution in [3.8, 4) is 11.5 Å². The first kappa shape index (κ1) is 18.9. The van der Waals surface area contributed by atoms with Crippen LogP contribution in [0, 0.1) is 5.82 Å². The van der Waals surface area contributed by atoms with E-state index in [1.165, 1.54) is 29.2 Å². The van der Waals surface area contributed by atoms with E-state index in [0.29, 0.717) is 11.7 Å². The van der Waals surface area contributed by atoms with Gasteiger partial charge in [-0.1, -0.05) is 0 Å². The number of carbonyl (C=O) groups excluding carboxylic acids is 2. The molecule has 3 aliphatic heterocycles. The van der Waals surface area contributed by atoms with Crippen LogP contribution in [0.1, 0.15) is 19.3 Å². The van der Waals surface area contributed by atoms with Crippen molar-refractivity contribution in [3.05, 3.63) is 48.3 Å². The Labute approximate surface area is 173 Å². The number of rotatable bonds is 4. The van der Waals surface area contributed by atoms with Crippen LogP contribution in [0.2, 0.25) is 0 Å². The van der Waals surface area contributed by atoms with Crippen LogP contribution in [0.3, 0.4) is 0 Å². The number of ether oxygens (including phenoxy) is 2. The van der Waals surface area contributed by atoms with Crippen LogP contribution in [0.15, 0.2) is 42.5 Å². The number of halogens is 1. The van der Waals surface area contributed by atoms with Crippen molar-refractivity contribution in [3.63, 3.8) is 0 Å². The number of anilines is 2. The van der Waals surface area contributed by atoms with Gasteiger partial charge in [0, 0.05) is 30.6 Å². The summed E-state index contributed by atoms with van der Waals surface area (Å²) in [5.74, 6) is 0.708. The Hall–Kier alpha value is -3.13. The third-order valence-electron chi connectivity index (χ3n) is 6.10. The van der Waals surface area contributed by atoms with E-state index in [2.05, 4.69) is 5.32 Å². The van der Waals surface area contributed by atoms with Crippen LogP contribution in [-0.4, -0.2) is 43.8 Å². The summed E-state index contributed by atoms with van der Waals surface area (Å²) in [6.45, 7) is 1.87. The van der Waals surface area contributed by atoms with Crippen molar-refractivity contribution in [2.75, 3.05) is 30.1 Å². The van der Waals surface area contributed by atoms with Crippen LogP contribution in [-0.2, 0) is 9.59 Å². The maximum absolute atomic E-state index is 13.2. The Morgan fingerprint density at radius 1 is 1.00 bits per heavy atom. The molecule has 5 rings (SSSR count). The predicted octanol–water partition coefficient (Wildman–Crippen LogP) is 1.35. The Morgan fingerprint density at radius 2 is 1.73 bits per heavy atom. The van der Waals surface area contributed by atoms with Gasteiger partial charge in [-0.05, 0) is 36.4 Å². The first-order chi connectivity index (χ1) is 14.6. The van der Waals surface area contributed by atoms with Gasteiger partial charge in [-0.15, -0.1) is 0 Å². The summed E-state index contributed by atoms with van der Waals surface area (Å²) in [5.41, 5.74) is 1.43. The topological polar surface area (TPSA) is 72.3 Å². The first-order valence-corrected chi connectivity index (χ1v) is 10.2. The van der Waals surface area contributed by atoms with E-state index in [1.807, 2.05) is 18.2 Å². The molecule has 8 heteroatoms. The molecule has 0 saturated carbocycles. The van der Waals surface area contributed by atoms with Crippen LogP contribution < -0.4 is 24.6 Å². The Kier molecular flexibility index (Phi) is 4.78. The number of fused-ring (bicyclic) bond motifs is 1. The molecule has 0 aromatic heterocycles. The average Bonchev–Trinajstić information content (AvgIpc) is 3.33. The number of hydrogen-bond donors (Lipinski definition) is 2. The van der Waals surface area contributed by atoms with Crippen molar-refractivity contribution in [2.45, 2.75) is 31.3 Å². The molecule has 2 N–H and O–H groups in total. The molecule has 3 heterocycles. The van der Waals surface area contributed by atoms with E-state index in [-0.39, 0.29) is 31.1 Å². The molecule has 3 aliphatic rings. The molecule has 2 fully saturated rings. The number of nitrogens with zero attached hydrogens (tertiary/aromatic N) is 1. The zero-order chi connectivity index (χ0) is 20.7. The number of nitrogens with one attached hydrogen (secondary N) is 2. The number of imide groups is 1. The highest BCUT2D eigenvalue weighted by atomic mass is 19.1. The molecule has 156 valence electrons. The van der Waals surface area contributed by atoms with Crippen molar-refractivity contribution in [2.24, 2.45) is 0 Å². The molecule has 0 bridgehead atoms. The SMILES string of the molecule is O=C1C[C@H]([NH+]2CCC(Nc3ccc4c(c3)OCO4)CC2)C(=O)N1c1ccc(F)cc1. The van der Waals surface area contributed by atoms with Gasteiger partial charge in [-0.3, -0.25) is 9.59 Å². The molecule has 0 spiro atoms. The van der Waals surface area contributed by atoms with Gasteiger partial charge < -0.3 is 19.7 Å². The Morgan fingerprint density at radius 3 is 2.50 bits per heavy atom. The number of carbonyl (C=O) groups is 2. The monoisotopic (exact) mass is 412 g/mol. The van der Waals surface area contributed by atoms with E-state index in [1.54, 1.807) is 0 Å². The first-order valence-electron chi connectivity index (χ1n) is 10.2. The molecule has 2 amide bonds. The standard InChI is InChI=1S/C22H22FN3O4/c23-14-1-4-17(5-2-14)26-21(27)12-18(22(26)28)25-9-7-15(8-10-25)24-16-3-6-19-20(11-16)30-13-29-19/h1-6,11,15,18,24H,7-10,12-13H2/p+1/t18-/m0/s1. The third-order valence-corrected chi connectivity index (χ3v) is 6.10. The maximum atomic E-state index is 13.2. The number of benzene rings is 2. The number of piperidine rings is 1. The van der Waals surface area contributed by atoms with E-state index < -0.39 is 5.82 Å². The van der Waals surface area contributed by atoms with Crippen LogP contribution >= 0.6 is 0 Å². The summed E-state index contributed by atoms with van der Waals surface area (Å²) in [7, 11) is 0. The summed E-state index contributed by atoms with van der Waals surface area (Å²) in [6.07, 6.45) is 2.00. The van der Waals surface area contributed by atoms with Gasteiger partial charge in [0.15, 0.2) is 17.5 Å². The van der Waals surface area contributed by atoms with Gasteiger partial charge in [0.1, 0.15) is 5.82 Å². The second-order valence-electron chi connectivity index (χ2n) is 7.95. The molecule has 2 aromatic rings. The lowest BCUT2D eigenvalue weighted by molar-refractivity contribution is -0.919. The fraction of sp³-hybridized carbons (Fsp3) is 0.364. The fourth-order valence-corrected chi connectivity index (χ4v) is 4.52. The normalized spacial score (nSPS) is 25.6. The summed E-state index contributed by atoms with van der Waals surface area (Å²) in [6, 6.07) is 11.2. The average molecular weight is 412 g/mol. The molecular weight excluding hydrogens is 389 g/mol. The highest BCUT2D eigenvalue weighted by Gasteiger charge is 2.46. The zero-order valence-corrected chi connectivity index (χ0v) is 16.4. The Bertz CT molecular complexity index is 973. The molecule has 1 atom stereocenters. The van der Waals surface area contributed by atoms with Gasteiger partial charge in [0.2, 0.25) is 12.7 Å². The van der Waals surface area contributed by atoms with Gasteiger partial charge in [-0.2, -0.15) is 0 Å². The van der Waals surface area contributed by atoms with Crippen molar-refractivity contribution >= 4 is 23.2 Å². The number of quaternary nitrogens is 1. The van der Waals surface area contributed by atoms with E-state index in [0.717, 1.165) is 48.0 Å². The van der Waals surface area contributed by atoms with Gasteiger partial charge in [-0.25, -0.2) is 9.29 Å². The van der Waals surface area contributed by atoms with Gasteiger partial charge in [0.05, 0.1) is 25.2 Å². The van der Waals surface area contributed by atoms with E-state index >= 15 is 0 Å². The minimum absolute atomic E-state index is 0.191. The summed E-state index contributed by atoms with van der Waals surface area (Å²) in [5, 5.41) is 3.53. The van der Waals surface area contributed by atoms with Gasteiger partial charge in [0.25, 0.3) is 5.91 Å². The Balaban J connectivity index is 1.20.